The normalized spacial score (nSPS) is 15.0. The van der Waals surface area contributed by atoms with Gasteiger partial charge in [-0.3, -0.25) is 4.79 Å². The van der Waals surface area contributed by atoms with Gasteiger partial charge in [0.15, 0.2) is 0 Å². The molecule has 0 saturated heterocycles. The number of carbonyl (C=O) groups is 1. The van der Waals surface area contributed by atoms with Gasteiger partial charge >= 0.3 is 0 Å². The van der Waals surface area contributed by atoms with Gasteiger partial charge in [0.05, 0.1) is 10.6 Å². The van der Waals surface area contributed by atoms with Crippen LogP contribution in [0.5, 0.6) is 0 Å². The molecule has 0 bridgehead atoms. The lowest BCUT2D eigenvalue weighted by molar-refractivity contribution is -0.114. The van der Waals surface area contributed by atoms with E-state index in [4.69, 9.17) is 0 Å². The van der Waals surface area contributed by atoms with Crippen molar-refractivity contribution >= 4 is 33.4 Å². The second-order valence-electron chi connectivity index (χ2n) is 7.12. The summed E-state index contributed by atoms with van der Waals surface area (Å²) in [4.78, 5) is 12.4. The second-order valence-corrected chi connectivity index (χ2v) is 9.68. The van der Waals surface area contributed by atoms with Crippen LogP contribution in [0.25, 0.3) is 0 Å². The van der Waals surface area contributed by atoms with E-state index < -0.39 is 10.0 Å². The Morgan fingerprint density at radius 1 is 1.07 bits per heavy atom. The number of hydrogen-bond donors (Lipinski definition) is 2. The third-order valence-corrected chi connectivity index (χ3v) is 7.33. The Morgan fingerprint density at radius 3 is 2.46 bits per heavy atom. The Balaban J connectivity index is 1.84. The third kappa shape index (κ3) is 4.77. The van der Waals surface area contributed by atoms with Crippen molar-refractivity contribution in [3.63, 3.8) is 0 Å². The highest BCUT2D eigenvalue weighted by atomic mass is 32.2. The highest BCUT2D eigenvalue weighted by Gasteiger charge is 2.21. The third-order valence-electron chi connectivity index (χ3n) is 5.00. The molecule has 1 aliphatic rings. The average molecular weight is 419 g/mol. The van der Waals surface area contributed by atoms with Crippen LogP contribution in [0.2, 0.25) is 0 Å². The van der Waals surface area contributed by atoms with Gasteiger partial charge in [-0.05, 0) is 73.8 Å². The van der Waals surface area contributed by atoms with Gasteiger partial charge < -0.3 is 5.32 Å². The second kappa shape index (κ2) is 8.68. The summed E-state index contributed by atoms with van der Waals surface area (Å²) in [5, 5.41) is 2.70. The van der Waals surface area contributed by atoms with Crippen LogP contribution in [-0.2, 0) is 27.7 Å². The van der Waals surface area contributed by atoms with Crippen molar-refractivity contribution in [3.05, 3.63) is 53.1 Å². The Labute approximate surface area is 171 Å². The molecule has 0 heterocycles. The highest BCUT2D eigenvalue weighted by Crippen LogP contribution is 2.29. The first-order chi connectivity index (χ1) is 13.3. The number of sulfonamides is 1. The molecule has 5 nitrogen and oxygen atoms in total. The molecule has 1 aliphatic carbocycles. The van der Waals surface area contributed by atoms with E-state index in [1.165, 1.54) is 48.7 Å². The standard InChI is InChI=1S/C21H26N2O3S2/c1-14(17-9-8-16-6-4-5-7-18(16)12-17)23-28(25,26)19-10-11-21(27-3)20(13-19)22-15(2)24/h8-14,23H,4-7H2,1-3H3,(H,22,24)/t14-/m0/s1. The largest absolute Gasteiger partial charge is 0.325 e. The molecule has 0 fully saturated rings. The Morgan fingerprint density at radius 2 is 1.79 bits per heavy atom. The number of carbonyl (C=O) groups excluding carboxylic acids is 1. The molecule has 7 heteroatoms. The lowest BCUT2D eigenvalue weighted by Gasteiger charge is -2.20. The molecular formula is C21H26N2O3S2. The fourth-order valence-electron chi connectivity index (χ4n) is 3.53. The lowest BCUT2D eigenvalue weighted by atomic mass is 9.89. The maximum atomic E-state index is 12.9. The first-order valence-corrected chi connectivity index (χ1v) is 12.1. The fraction of sp³-hybridized carbons (Fsp3) is 0.381. The van der Waals surface area contributed by atoms with Crippen molar-refractivity contribution < 1.29 is 13.2 Å². The molecule has 2 N–H and O–H groups in total. The number of rotatable bonds is 6. The number of anilines is 1. The highest BCUT2D eigenvalue weighted by molar-refractivity contribution is 7.98. The van der Waals surface area contributed by atoms with E-state index in [2.05, 4.69) is 22.2 Å². The SMILES string of the molecule is CSc1ccc(S(=O)(=O)N[C@@H](C)c2ccc3c(c2)CCCC3)cc1NC(C)=O. The zero-order valence-corrected chi connectivity index (χ0v) is 18.0. The van der Waals surface area contributed by atoms with Crippen LogP contribution in [-0.4, -0.2) is 20.6 Å². The van der Waals surface area contributed by atoms with Gasteiger partial charge in [0.25, 0.3) is 0 Å². The van der Waals surface area contributed by atoms with Gasteiger partial charge in [0.2, 0.25) is 15.9 Å². The zero-order valence-electron chi connectivity index (χ0n) is 16.4. The predicted octanol–water partition coefficient (Wildman–Crippen LogP) is 4.29. The molecule has 0 aliphatic heterocycles. The monoisotopic (exact) mass is 418 g/mol. The first kappa shape index (κ1) is 20.9. The lowest BCUT2D eigenvalue weighted by Crippen LogP contribution is -2.27. The van der Waals surface area contributed by atoms with Crippen LogP contribution in [0.15, 0.2) is 46.2 Å². The van der Waals surface area contributed by atoms with E-state index in [9.17, 15) is 13.2 Å². The zero-order chi connectivity index (χ0) is 20.3. The summed E-state index contributed by atoms with van der Waals surface area (Å²) in [5.41, 5.74) is 4.17. The summed E-state index contributed by atoms with van der Waals surface area (Å²) >= 11 is 1.45. The minimum Gasteiger partial charge on any atom is -0.325 e. The van der Waals surface area contributed by atoms with Gasteiger partial charge in [-0.25, -0.2) is 13.1 Å². The van der Waals surface area contributed by atoms with E-state index in [1.54, 1.807) is 12.1 Å². The van der Waals surface area contributed by atoms with Gasteiger partial charge in [0, 0.05) is 17.9 Å². The Hall–Kier alpha value is -1.83. The van der Waals surface area contributed by atoms with E-state index >= 15 is 0 Å². The van der Waals surface area contributed by atoms with Crippen molar-refractivity contribution in [2.45, 2.75) is 55.4 Å². The van der Waals surface area contributed by atoms with Crippen LogP contribution in [0.4, 0.5) is 5.69 Å². The molecule has 1 atom stereocenters. The van der Waals surface area contributed by atoms with Crippen molar-refractivity contribution in [2.75, 3.05) is 11.6 Å². The summed E-state index contributed by atoms with van der Waals surface area (Å²) < 4.78 is 28.6. The molecule has 3 rings (SSSR count). The minimum atomic E-state index is -3.72. The molecule has 0 unspecified atom stereocenters. The number of benzene rings is 2. The molecule has 0 saturated carbocycles. The molecule has 2 aromatic carbocycles. The van der Waals surface area contributed by atoms with E-state index in [0.717, 1.165) is 23.3 Å². The predicted molar refractivity (Wildman–Crippen MR) is 114 cm³/mol. The number of fused-ring (bicyclic) bond motifs is 1. The van der Waals surface area contributed by atoms with Gasteiger partial charge in [-0.2, -0.15) is 0 Å². The first-order valence-electron chi connectivity index (χ1n) is 9.40. The number of nitrogens with one attached hydrogen (secondary N) is 2. The molecule has 0 aromatic heterocycles. The molecule has 28 heavy (non-hydrogen) atoms. The average Bonchev–Trinajstić information content (AvgIpc) is 2.66. The quantitative estimate of drug-likeness (QED) is 0.687. The van der Waals surface area contributed by atoms with E-state index in [1.807, 2.05) is 19.2 Å². The van der Waals surface area contributed by atoms with E-state index in [-0.39, 0.29) is 16.8 Å². The fourth-order valence-corrected chi connectivity index (χ4v) is 5.32. The van der Waals surface area contributed by atoms with Crippen LogP contribution >= 0.6 is 11.8 Å². The minimum absolute atomic E-state index is 0.138. The number of aryl methyl sites for hydroxylation is 2. The van der Waals surface area contributed by atoms with Crippen LogP contribution in [0, 0.1) is 0 Å². The molecule has 0 radical (unpaired) electrons. The van der Waals surface area contributed by atoms with Crippen LogP contribution in [0.3, 0.4) is 0 Å². The topological polar surface area (TPSA) is 75.3 Å². The summed E-state index contributed by atoms with van der Waals surface area (Å²) in [7, 11) is -3.72. The van der Waals surface area contributed by atoms with Gasteiger partial charge in [-0.15, -0.1) is 11.8 Å². The summed E-state index contributed by atoms with van der Waals surface area (Å²) in [5.74, 6) is -0.236. The maximum Gasteiger partial charge on any atom is 0.241 e. The van der Waals surface area contributed by atoms with Crippen molar-refractivity contribution in [3.8, 4) is 0 Å². The summed E-state index contributed by atoms with van der Waals surface area (Å²) in [6, 6.07) is 10.7. The Kier molecular flexibility index (Phi) is 6.47. The Bertz CT molecular complexity index is 987. The van der Waals surface area contributed by atoms with Gasteiger partial charge in [0.1, 0.15) is 0 Å². The molecule has 0 spiro atoms. The van der Waals surface area contributed by atoms with Crippen molar-refractivity contribution in [1.29, 1.82) is 0 Å². The van der Waals surface area contributed by atoms with Crippen LogP contribution in [0.1, 0.15) is 49.4 Å². The van der Waals surface area contributed by atoms with Crippen molar-refractivity contribution in [1.82, 2.24) is 4.72 Å². The van der Waals surface area contributed by atoms with E-state index in [0.29, 0.717) is 5.69 Å². The molecule has 2 aromatic rings. The molecule has 150 valence electrons. The van der Waals surface area contributed by atoms with Crippen molar-refractivity contribution in [2.24, 2.45) is 0 Å². The smallest absolute Gasteiger partial charge is 0.241 e. The maximum absolute atomic E-state index is 12.9. The number of thioether (sulfide) groups is 1. The number of hydrogen-bond acceptors (Lipinski definition) is 4. The molecular weight excluding hydrogens is 392 g/mol. The number of amides is 1. The van der Waals surface area contributed by atoms with Gasteiger partial charge in [-0.1, -0.05) is 18.2 Å². The summed E-state index contributed by atoms with van der Waals surface area (Å²) in [6.07, 6.45) is 6.44. The summed E-state index contributed by atoms with van der Waals surface area (Å²) in [6.45, 7) is 3.26. The molecule has 1 amide bonds. The van der Waals surface area contributed by atoms with Crippen LogP contribution < -0.4 is 10.0 Å².